The maximum absolute atomic E-state index is 13.0. The van der Waals surface area contributed by atoms with Gasteiger partial charge in [0.15, 0.2) is 0 Å². The number of amides is 1. The summed E-state index contributed by atoms with van der Waals surface area (Å²) in [4.78, 5) is 37.6. The minimum Gasteiger partial charge on any atom is -0.508 e. The van der Waals surface area contributed by atoms with E-state index in [2.05, 4.69) is 5.32 Å². The van der Waals surface area contributed by atoms with Gasteiger partial charge in [-0.2, -0.15) is 0 Å². The zero-order valence-electron chi connectivity index (χ0n) is 13.1. The van der Waals surface area contributed by atoms with Crippen LogP contribution in [0.4, 0.5) is 5.69 Å². The van der Waals surface area contributed by atoms with E-state index in [4.69, 9.17) is 9.47 Å². The van der Waals surface area contributed by atoms with Gasteiger partial charge in [0.25, 0.3) is 0 Å². The van der Waals surface area contributed by atoms with Crippen LogP contribution >= 0.6 is 0 Å². The summed E-state index contributed by atoms with van der Waals surface area (Å²) >= 11 is 0. The molecule has 3 aliphatic rings. The fourth-order valence-electron chi connectivity index (χ4n) is 3.57. The first-order valence-corrected chi connectivity index (χ1v) is 7.49. The highest BCUT2D eigenvalue weighted by Crippen LogP contribution is 2.52. The van der Waals surface area contributed by atoms with Gasteiger partial charge in [-0.15, -0.1) is 0 Å². The number of benzene rings is 1. The molecule has 0 spiro atoms. The summed E-state index contributed by atoms with van der Waals surface area (Å²) in [6.07, 6.45) is 0. The molecule has 25 heavy (non-hydrogen) atoms. The van der Waals surface area contributed by atoms with Crippen LogP contribution in [0.1, 0.15) is 11.1 Å². The summed E-state index contributed by atoms with van der Waals surface area (Å²) in [6.45, 7) is 0.955. The van der Waals surface area contributed by atoms with Crippen molar-refractivity contribution in [2.24, 2.45) is 0 Å². The van der Waals surface area contributed by atoms with Crippen molar-refractivity contribution < 1.29 is 34.1 Å². The third-order valence-corrected chi connectivity index (χ3v) is 4.58. The van der Waals surface area contributed by atoms with Crippen LogP contribution in [0.3, 0.4) is 0 Å². The summed E-state index contributed by atoms with van der Waals surface area (Å²) in [5, 5.41) is 23.1. The Hall–Kier alpha value is -3.29. The van der Waals surface area contributed by atoms with Crippen LogP contribution in [-0.4, -0.2) is 41.3 Å². The third-order valence-electron chi connectivity index (χ3n) is 4.58. The molecule has 0 radical (unpaired) electrons. The number of aliphatic hydroxyl groups is 2. The van der Waals surface area contributed by atoms with E-state index in [0.717, 1.165) is 5.56 Å². The molecule has 3 N–H and O–H groups in total. The molecule has 0 aliphatic carbocycles. The Morgan fingerprint density at radius 2 is 1.56 bits per heavy atom. The van der Waals surface area contributed by atoms with Crippen molar-refractivity contribution >= 4 is 23.5 Å². The minimum absolute atomic E-state index is 0.276. The third kappa shape index (κ3) is 1.79. The van der Waals surface area contributed by atoms with Crippen LogP contribution in [0.2, 0.25) is 0 Å². The molecule has 0 fully saturated rings. The fraction of sp³-hybridized carbons (Fsp3) is 0.235. The first kappa shape index (κ1) is 15.3. The molecule has 0 saturated carbocycles. The van der Waals surface area contributed by atoms with E-state index in [1.165, 1.54) is 0 Å². The van der Waals surface area contributed by atoms with Crippen molar-refractivity contribution in [1.82, 2.24) is 0 Å². The highest BCUT2D eigenvalue weighted by atomic mass is 16.6. The van der Waals surface area contributed by atoms with Crippen LogP contribution in [-0.2, 0) is 29.3 Å². The lowest BCUT2D eigenvalue weighted by Crippen LogP contribution is -2.43. The Morgan fingerprint density at radius 3 is 2.04 bits per heavy atom. The molecule has 0 unspecified atom stereocenters. The number of anilines is 1. The van der Waals surface area contributed by atoms with Gasteiger partial charge < -0.3 is 25.0 Å². The number of cyclic esters (lactones) is 2. The monoisotopic (exact) mass is 343 g/mol. The van der Waals surface area contributed by atoms with Crippen molar-refractivity contribution in [2.75, 3.05) is 18.5 Å². The Morgan fingerprint density at radius 1 is 1.00 bits per heavy atom. The number of fused-ring (bicyclic) bond motifs is 1. The molecule has 3 heterocycles. The predicted octanol–water partition coefficient (Wildman–Crippen LogP) is 0.923. The van der Waals surface area contributed by atoms with Gasteiger partial charge in [0.2, 0.25) is 5.91 Å². The van der Waals surface area contributed by atoms with Crippen molar-refractivity contribution in [1.29, 1.82) is 0 Å². The first-order chi connectivity index (χ1) is 11.9. The average Bonchev–Trinajstić information content (AvgIpc) is 3.16. The van der Waals surface area contributed by atoms with Gasteiger partial charge in [0.1, 0.15) is 41.3 Å². The molecule has 3 aliphatic heterocycles. The Kier molecular flexibility index (Phi) is 2.96. The lowest BCUT2D eigenvalue weighted by atomic mass is 9.68. The van der Waals surface area contributed by atoms with E-state index in [-0.39, 0.29) is 16.7 Å². The van der Waals surface area contributed by atoms with Gasteiger partial charge in [-0.05, 0) is 13.0 Å². The van der Waals surface area contributed by atoms with Crippen molar-refractivity contribution in [3.63, 3.8) is 0 Å². The lowest BCUT2D eigenvalue weighted by molar-refractivity contribution is -0.139. The topological polar surface area (TPSA) is 122 Å². The van der Waals surface area contributed by atoms with E-state index in [0.29, 0.717) is 5.69 Å². The Balaban J connectivity index is 2.13. The normalized spacial score (nSPS) is 21.4. The van der Waals surface area contributed by atoms with Crippen LogP contribution in [0.5, 0.6) is 0 Å². The largest absolute Gasteiger partial charge is 0.508 e. The molecule has 0 atom stereocenters. The van der Waals surface area contributed by atoms with Gasteiger partial charge in [-0.1, -0.05) is 17.7 Å². The molecule has 8 heteroatoms. The van der Waals surface area contributed by atoms with Crippen LogP contribution < -0.4 is 5.32 Å². The number of hydrogen-bond acceptors (Lipinski definition) is 7. The lowest BCUT2D eigenvalue weighted by Gasteiger charge is -2.27. The number of nitrogens with one attached hydrogen (secondary N) is 1. The van der Waals surface area contributed by atoms with E-state index in [1.807, 2.05) is 0 Å². The average molecular weight is 343 g/mol. The number of aryl methyl sites for hydroxylation is 1. The second-order valence-corrected chi connectivity index (χ2v) is 6.05. The minimum atomic E-state index is -2.02. The maximum Gasteiger partial charge on any atom is 0.339 e. The van der Waals surface area contributed by atoms with Crippen LogP contribution in [0.15, 0.2) is 40.9 Å². The van der Waals surface area contributed by atoms with E-state index >= 15 is 0 Å². The zero-order chi connectivity index (χ0) is 17.9. The molecule has 1 amide bonds. The van der Waals surface area contributed by atoms with E-state index in [1.54, 1.807) is 25.1 Å². The van der Waals surface area contributed by atoms with Crippen molar-refractivity contribution in [3.05, 3.63) is 52.0 Å². The SMILES string of the molecule is Cc1ccc2c(c1)C(C1=C(O)COC1=O)(C1=C(O)COC1=O)C(=O)N2. The number of rotatable bonds is 2. The van der Waals surface area contributed by atoms with Gasteiger partial charge in [0, 0.05) is 11.3 Å². The van der Waals surface area contributed by atoms with Gasteiger partial charge >= 0.3 is 11.9 Å². The predicted molar refractivity (Wildman–Crippen MR) is 82.7 cm³/mol. The number of carbonyl (C=O) groups excluding carboxylic acids is 3. The molecular weight excluding hydrogens is 330 g/mol. The summed E-state index contributed by atoms with van der Waals surface area (Å²) in [7, 11) is 0. The summed E-state index contributed by atoms with van der Waals surface area (Å²) < 4.78 is 9.68. The van der Waals surface area contributed by atoms with Crippen LogP contribution in [0, 0.1) is 6.92 Å². The van der Waals surface area contributed by atoms with Gasteiger partial charge in [-0.25, -0.2) is 9.59 Å². The number of aliphatic hydroxyl groups excluding tert-OH is 2. The highest BCUT2D eigenvalue weighted by Gasteiger charge is 2.62. The zero-order valence-corrected chi connectivity index (χ0v) is 13.1. The number of carbonyl (C=O) groups is 3. The molecular formula is C17H13NO7. The van der Waals surface area contributed by atoms with Gasteiger partial charge in [0.05, 0.1) is 0 Å². The first-order valence-electron chi connectivity index (χ1n) is 7.49. The second kappa shape index (κ2) is 4.85. The molecule has 0 saturated heterocycles. The Bertz CT molecular complexity index is 885. The standard InChI is InChI=1S/C17H13NO7/c1-7-2-3-9-8(4-7)17(16(23)18-9,12-10(19)5-24-14(12)21)13-11(20)6-25-15(13)22/h2-4,19-20H,5-6H2,1H3,(H,18,23). The molecule has 128 valence electrons. The molecule has 0 aromatic heterocycles. The molecule has 8 nitrogen and oxygen atoms in total. The Labute approximate surface area is 141 Å². The smallest absolute Gasteiger partial charge is 0.339 e. The summed E-state index contributed by atoms with van der Waals surface area (Å²) in [6, 6.07) is 4.99. The van der Waals surface area contributed by atoms with Crippen molar-refractivity contribution in [2.45, 2.75) is 12.3 Å². The van der Waals surface area contributed by atoms with E-state index in [9.17, 15) is 24.6 Å². The summed E-state index contributed by atoms with van der Waals surface area (Å²) in [5.74, 6) is -3.53. The maximum atomic E-state index is 13.0. The summed E-state index contributed by atoms with van der Waals surface area (Å²) in [5.41, 5.74) is -1.37. The fourth-order valence-corrected chi connectivity index (χ4v) is 3.57. The molecule has 1 aromatic carbocycles. The number of esters is 2. The second-order valence-electron chi connectivity index (χ2n) is 6.05. The van der Waals surface area contributed by atoms with Crippen LogP contribution in [0.25, 0.3) is 0 Å². The molecule has 4 rings (SSSR count). The molecule has 1 aromatic rings. The number of hydrogen-bond donors (Lipinski definition) is 3. The van der Waals surface area contributed by atoms with Crippen molar-refractivity contribution in [3.8, 4) is 0 Å². The van der Waals surface area contributed by atoms with Gasteiger partial charge in [-0.3, -0.25) is 4.79 Å². The highest BCUT2D eigenvalue weighted by molar-refractivity contribution is 6.21. The quantitative estimate of drug-likeness (QED) is 0.683. The van der Waals surface area contributed by atoms with E-state index < -0.39 is 48.0 Å². The molecule has 0 bridgehead atoms. The number of ether oxygens (including phenoxy) is 2.